The van der Waals surface area contributed by atoms with Crippen molar-refractivity contribution in [3.63, 3.8) is 0 Å². The molecule has 0 amide bonds. The van der Waals surface area contributed by atoms with Crippen LogP contribution in [0.4, 0.5) is 11.4 Å². The molecule has 1 saturated carbocycles. The van der Waals surface area contributed by atoms with E-state index in [-0.39, 0.29) is 24.3 Å². The number of hydrogen-bond donors (Lipinski definition) is 2. The van der Waals surface area contributed by atoms with Crippen LogP contribution in [0.2, 0.25) is 0 Å². The van der Waals surface area contributed by atoms with E-state index in [1.165, 1.54) is 6.07 Å². The molecule has 6 nitrogen and oxygen atoms in total. The molecule has 2 N–H and O–H groups in total. The van der Waals surface area contributed by atoms with E-state index in [0.717, 1.165) is 31.4 Å². The molecule has 0 heterocycles. The summed E-state index contributed by atoms with van der Waals surface area (Å²) in [5.41, 5.74) is 0.788. The van der Waals surface area contributed by atoms with Crippen LogP contribution in [0.15, 0.2) is 18.2 Å². The van der Waals surface area contributed by atoms with E-state index in [0.29, 0.717) is 12.4 Å². The second-order valence-electron chi connectivity index (χ2n) is 5.41. The van der Waals surface area contributed by atoms with Crippen molar-refractivity contribution in [2.24, 2.45) is 5.92 Å². The third-order valence-electron chi connectivity index (χ3n) is 3.86. The van der Waals surface area contributed by atoms with Crippen molar-refractivity contribution >= 4 is 11.4 Å². The maximum atomic E-state index is 11.0. The number of nitrogens with zero attached hydrogens (tertiary/aromatic N) is 1. The molecule has 0 radical (unpaired) electrons. The molecule has 1 aromatic carbocycles. The number of benzene rings is 1. The largest absolute Gasteiger partial charge is 0.487 e. The molecule has 116 valence electrons. The number of hydrogen-bond acceptors (Lipinski definition) is 5. The van der Waals surface area contributed by atoms with Gasteiger partial charge in [-0.15, -0.1) is 0 Å². The summed E-state index contributed by atoms with van der Waals surface area (Å²) in [7, 11) is 0. The first-order chi connectivity index (χ1) is 10.2. The van der Waals surface area contributed by atoms with Crippen LogP contribution in [0.5, 0.6) is 5.75 Å². The molecule has 2 rings (SSSR count). The van der Waals surface area contributed by atoms with Crippen molar-refractivity contribution in [2.75, 3.05) is 18.5 Å². The van der Waals surface area contributed by atoms with Crippen LogP contribution in [0.25, 0.3) is 0 Å². The molecule has 0 aliphatic heterocycles. The van der Waals surface area contributed by atoms with Gasteiger partial charge < -0.3 is 15.2 Å². The van der Waals surface area contributed by atoms with Crippen LogP contribution in [0, 0.1) is 16.0 Å². The van der Waals surface area contributed by atoms with E-state index in [4.69, 9.17) is 4.74 Å². The van der Waals surface area contributed by atoms with Gasteiger partial charge >= 0.3 is 5.69 Å². The van der Waals surface area contributed by atoms with Gasteiger partial charge in [-0.05, 0) is 25.3 Å². The van der Waals surface area contributed by atoms with Crippen LogP contribution in [0.1, 0.15) is 32.6 Å². The van der Waals surface area contributed by atoms with Gasteiger partial charge in [-0.25, -0.2) is 0 Å². The molecular formula is C15H22N2O4. The van der Waals surface area contributed by atoms with Crippen LogP contribution < -0.4 is 10.1 Å². The van der Waals surface area contributed by atoms with E-state index in [1.807, 2.05) is 6.92 Å². The first kappa shape index (κ1) is 15.6. The summed E-state index contributed by atoms with van der Waals surface area (Å²) in [5, 5.41) is 23.7. The third kappa shape index (κ3) is 3.85. The molecule has 0 spiro atoms. The Labute approximate surface area is 124 Å². The topological polar surface area (TPSA) is 84.6 Å². The lowest BCUT2D eigenvalue weighted by Gasteiger charge is -2.20. The number of nitro benzene ring substituents is 1. The number of aliphatic hydroxyl groups is 1. The van der Waals surface area contributed by atoms with E-state index < -0.39 is 4.92 Å². The highest BCUT2D eigenvalue weighted by Gasteiger charge is 2.27. The highest BCUT2D eigenvalue weighted by atomic mass is 16.6. The highest BCUT2D eigenvalue weighted by molar-refractivity contribution is 5.58. The summed E-state index contributed by atoms with van der Waals surface area (Å²) < 4.78 is 5.47. The van der Waals surface area contributed by atoms with Gasteiger partial charge in [-0.3, -0.25) is 10.1 Å². The van der Waals surface area contributed by atoms with E-state index in [9.17, 15) is 15.2 Å². The monoisotopic (exact) mass is 294 g/mol. The fourth-order valence-electron chi connectivity index (χ4n) is 2.74. The van der Waals surface area contributed by atoms with Gasteiger partial charge in [0.25, 0.3) is 0 Å². The summed E-state index contributed by atoms with van der Waals surface area (Å²) in [6, 6.07) is 5.07. The van der Waals surface area contributed by atoms with Gasteiger partial charge in [0.2, 0.25) is 0 Å². The quantitative estimate of drug-likeness (QED) is 0.596. The minimum atomic E-state index is -0.430. The summed E-state index contributed by atoms with van der Waals surface area (Å²) in [5.74, 6) is 0.547. The number of nitro groups is 1. The Morgan fingerprint density at radius 3 is 2.95 bits per heavy atom. The normalized spacial score (nSPS) is 21.2. The van der Waals surface area contributed by atoms with Crippen molar-refractivity contribution in [1.29, 1.82) is 0 Å². The molecule has 1 aliphatic rings. The molecule has 2 unspecified atom stereocenters. The van der Waals surface area contributed by atoms with Crippen molar-refractivity contribution in [3.05, 3.63) is 28.3 Å². The number of anilines is 1. The van der Waals surface area contributed by atoms with Crippen molar-refractivity contribution < 1.29 is 14.8 Å². The maximum absolute atomic E-state index is 11.0. The minimum Gasteiger partial charge on any atom is -0.487 e. The lowest BCUT2D eigenvalue weighted by Crippen LogP contribution is -2.26. The standard InChI is InChI=1S/C15H22N2O4/c1-2-8-21-15-9-12(6-7-14(15)17(19)20)16-13-5-3-4-11(13)10-18/h6-7,9,11,13,16,18H,2-5,8,10H2,1H3. The van der Waals surface area contributed by atoms with Crippen molar-refractivity contribution in [1.82, 2.24) is 0 Å². The molecule has 0 aromatic heterocycles. The maximum Gasteiger partial charge on any atom is 0.311 e. The zero-order valence-electron chi connectivity index (χ0n) is 12.2. The van der Waals surface area contributed by atoms with E-state index >= 15 is 0 Å². The number of nitrogens with one attached hydrogen (secondary N) is 1. The average molecular weight is 294 g/mol. The lowest BCUT2D eigenvalue weighted by molar-refractivity contribution is -0.385. The molecule has 1 aliphatic carbocycles. The first-order valence-electron chi connectivity index (χ1n) is 7.44. The molecule has 0 bridgehead atoms. The lowest BCUT2D eigenvalue weighted by atomic mass is 10.0. The van der Waals surface area contributed by atoms with Crippen LogP contribution in [-0.4, -0.2) is 29.3 Å². The van der Waals surface area contributed by atoms with Gasteiger partial charge in [-0.2, -0.15) is 0 Å². The second-order valence-corrected chi connectivity index (χ2v) is 5.41. The highest BCUT2D eigenvalue weighted by Crippen LogP contribution is 2.33. The predicted octanol–water partition coefficient (Wildman–Crippen LogP) is 2.96. The fourth-order valence-corrected chi connectivity index (χ4v) is 2.74. The van der Waals surface area contributed by atoms with E-state index in [2.05, 4.69) is 5.32 Å². The third-order valence-corrected chi connectivity index (χ3v) is 3.86. The Kier molecular flexibility index (Phi) is 5.38. The van der Waals surface area contributed by atoms with Crippen LogP contribution >= 0.6 is 0 Å². The zero-order chi connectivity index (χ0) is 15.2. The summed E-state index contributed by atoms with van der Waals surface area (Å²) in [6.45, 7) is 2.58. The van der Waals surface area contributed by atoms with Gasteiger partial charge in [-0.1, -0.05) is 13.3 Å². The van der Waals surface area contributed by atoms with Gasteiger partial charge in [0.15, 0.2) is 5.75 Å². The molecule has 21 heavy (non-hydrogen) atoms. The van der Waals surface area contributed by atoms with Gasteiger partial charge in [0.05, 0.1) is 11.5 Å². The molecule has 2 atom stereocenters. The number of aliphatic hydroxyl groups excluding tert-OH is 1. The van der Waals surface area contributed by atoms with Crippen LogP contribution in [-0.2, 0) is 0 Å². The molecule has 1 aromatic rings. The zero-order valence-corrected chi connectivity index (χ0v) is 12.2. The average Bonchev–Trinajstić information content (AvgIpc) is 2.92. The fraction of sp³-hybridized carbons (Fsp3) is 0.600. The smallest absolute Gasteiger partial charge is 0.311 e. The van der Waals surface area contributed by atoms with Gasteiger partial charge in [0.1, 0.15) is 0 Å². The Balaban J connectivity index is 2.14. The molecule has 6 heteroatoms. The number of rotatable bonds is 7. The molecule has 1 fully saturated rings. The predicted molar refractivity (Wildman–Crippen MR) is 80.7 cm³/mol. The first-order valence-corrected chi connectivity index (χ1v) is 7.44. The summed E-state index contributed by atoms with van der Waals surface area (Å²) in [6.07, 6.45) is 3.91. The van der Waals surface area contributed by atoms with Crippen molar-refractivity contribution in [3.8, 4) is 5.75 Å². The Bertz CT molecular complexity index is 493. The van der Waals surface area contributed by atoms with Crippen molar-refractivity contribution in [2.45, 2.75) is 38.6 Å². The number of ether oxygens (including phenoxy) is 1. The van der Waals surface area contributed by atoms with Gasteiger partial charge in [0, 0.05) is 36.4 Å². The minimum absolute atomic E-state index is 0.0147. The Hall–Kier alpha value is -1.82. The SMILES string of the molecule is CCCOc1cc(NC2CCCC2CO)ccc1[N+](=O)[O-]. The molecule has 0 saturated heterocycles. The van der Waals surface area contributed by atoms with E-state index in [1.54, 1.807) is 12.1 Å². The Morgan fingerprint density at radius 2 is 2.29 bits per heavy atom. The molecular weight excluding hydrogens is 272 g/mol. The Morgan fingerprint density at radius 1 is 1.48 bits per heavy atom. The van der Waals surface area contributed by atoms with Crippen LogP contribution in [0.3, 0.4) is 0 Å². The second kappa shape index (κ2) is 7.26. The summed E-state index contributed by atoms with van der Waals surface area (Å²) in [4.78, 5) is 10.6. The summed E-state index contributed by atoms with van der Waals surface area (Å²) >= 11 is 0.